The van der Waals surface area contributed by atoms with Gasteiger partial charge in [-0.25, -0.2) is 0 Å². The zero-order valence-corrected chi connectivity index (χ0v) is 14.2. The fraction of sp³-hybridized carbons (Fsp3) is 0. The van der Waals surface area contributed by atoms with E-state index in [1.54, 1.807) is 0 Å². The maximum absolute atomic E-state index is 9.41. The zero-order chi connectivity index (χ0) is 13.1. The monoisotopic (exact) mass is 332 g/mol. The van der Waals surface area contributed by atoms with Gasteiger partial charge in [-0.3, -0.25) is 0 Å². The molecule has 0 aliphatic heterocycles. The van der Waals surface area contributed by atoms with Gasteiger partial charge in [0.15, 0.2) is 0 Å². The number of hydrogen-bond acceptors (Lipinski definition) is 8. The molecule has 0 rings (SSSR count). The van der Waals surface area contributed by atoms with E-state index in [0.29, 0.717) is 24.3 Å². The van der Waals surface area contributed by atoms with E-state index >= 15 is 0 Å². The van der Waals surface area contributed by atoms with Crippen molar-refractivity contribution in [2.75, 3.05) is 0 Å². The third-order valence-corrected chi connectivity index (χ3v) is 0.711. The van der Waals surface area contributed by atoms with Gasteiger partial charge in [0.25, 0.3) is 0 Å². The third-order valence-electron chi connectivity index (χ3n) is 0.711. The number of carbonyl (C=O) groups is 4. The second-order valence-corrected chi connectivity index (χ2v) is 1.94. The van der Waals surface area contributed by atoms with Gasteiger partial charge in [0, 0.05) is 0 Å². The van der Waals surface area contributed by atoms with Crippen LogP contribution in [0, 0.1) is 0 Å². The first-order chi connectivity index (χ1) is 7.25. The van der Waals surface area contributed by atoms with Crippen LogP contribution in [0.3, 0.4) is 0 Å². The van der Waals surface area contributed by atoms with Crippen molar-refractivity contribution in [2.45, 2.75) is 0 Å². The molecule has 0 fully saturated rings. The maximum atomic E-state index is 9.41. The van der Waals surface area contributed by atoms with E-state index in [1.807, 2.05) is 0 Å². The van der Waals surface area contributed by atoms with Crippen molar-refractivity contribution < 1.29 is 59.1 Å². The van der Waals surface area contributed by atoms with Gasteiger partial charge in [-0.1, -0.05) is 0 Å². The SMILES string of the molecule is O=C([O-])/C=C\C(=O)[O-].O=C([O-])/C=C\C(=O)[O-].[Ca+2].[Zn+2]. The Morgan fingerprint density at radius 2 is 0.667 bits per heavy atom. The molecule has 0 aliphatic rings. The molecule has 0 amide bonds. The molecular formula is C8H4CaO8Zn. The molecule has 0 unspecified atom stereocenters. The molecular weight excluding hydrogens is 330 g/mol. The van der Waals surface area contributed by atoms with E-state index in [9.17, 15) is 39.6 Å². The molecule has 10 heteroatoms. The summed E-state index contributed by atoms with van der Waals surface area (Å²) in [4.78, 5) is 37.7. The van der Waals surface area contributed by atoms with Crippen molar-refractivity contribution in [3.8, 4) is 0 Å². The maximum Gasteiger partial charge on any atom is 2.00 e. The minimum Gasteiger partial charge on any atom is -0.545 e. The molecule has 0 saturated heterocycles. The van der Waals surface area contributed by atoms with E-state index in [0.717, 1.165) is 0 Å². The summed E-state index contributed by atoms with van der Waals surface area (Å²) in [5.74, 6) is -6.19. The summed E-state index contributed by atoms with van der Waals surface area (Å²) in [5, 5.41) is 37.7. The van der Waals surface area contributed by atoms with Crippen molar-refractivity contribution >= 4 is 61.6 Å². The summed E-state index contributed by atoms with van der Waals surface area (Å²) in [7, 11) is 0. The normalized spacial score (nSPS) is 8.44. The molecule has 0 N–H and O–H groups in total. The minimum atomic E-state index is -1.55. The van der Waals surface area contributed by atoms with Crippen LogP contribution in [0.2, 0.25) is 0 Å². The van der Waals surface area contributed by atoms with Gasteiger partial charge in [0.1, 0.15) is 0 Å². The molecule has 0 bridgehead atoms. The van der Waals surface area contributed by atoms with Crippen LogP contribution in [0.25, 0.3) is 0 Å². The Kier molecular flexibility index (Phi) is 23.4. The van der Waals surface area contributed by atoms with Crippen molar-refractivity contribution in [1.29, 1.82) is 0 Å². The first-order valence-electron chi connectivity index (χ1n) is 3.45. The quantitative estimate of drug-likeness (QED) is 0.362. The number of carbonyl (C=O) groups excluding carboxylic acids is 4. The van der Waals surface area contributed by atoms with Crippen LogP contribution in [-0.4, -0.2) is 61.6 Å². The van der Waals surface area contributed by atoms with Crippen molar-refractivity contribution in [3.05, 3.63) is 24.3 Å². The third kappa shape index (κ3) is 36.2. The smallest absolute Gasteiger partial charge is 0.545 e. The van der Waals surface area contributed by atoms with Gasteiger partial charge in [0.05, 0.1) is 23.9 Å². The molecule has 0 aliphatic carbocycles. The van der Waals surface area contributed by atoms with Gasteiger partial charge in [0.2, 0.25) is 0 Å². The summed E-state index contributed by atoms with van der Waals surface area (Å²) in [6.45, 7) is 0. The number of carboxylic acids is 4. The summed E-state index contributed by atoms with van der Waals surface area (Å²) in [6.07, 6.45) is 1.54. The van der Waals surface area contributed by atoms with Gasteiger partial charge < -0.3 is 39.6 Å². The molecule has 8 nitrogen and oxygen atoms in total. The Morgan fingerprint density at radius 1 is 0.556 bits per heavy atom. The van der Waals surface area contributed by atoms with Crippen LogP contribution in [0.5, 0.6) is 0 Å². The number of aliphatic carboxylic acids is 4. The first kappa shape index (κ1) is 25.9. The molecule has 0 radical (unpaired) electrons. The number of rotatable bonds is 4. The van der Waals surface area contributed by atoms with E-state index in [1.165, 1.54) is 0 Å². The number of carboxylic acid groups (broad SMARTS) is 4. The average Bonchev–Trinajstić information content (AvgIpc) is 2.12. The van der Waals surface area contributed by atoms with E-state index < -0.39 is 23.9 Å². The van der Waals surface area contributed by atoms with Crippen LogP contribution in [0.15, 0.2) is 24.3 Å². The fourth-order valence-electron chi connectivity index (χ4n) is 0.272. The Balaban J connectivity index is -0.0000000980. The van der Waals surface area contributed by atoms with Gasteiger partial charge in [-0.15, -0.1) is 0 Å². The van der Waals surface area contributed by atoms with E-state index in [-0.39, 0.29) is 57.2 Å². The molecule has 0 saturated carbocycles. The van der Waals surface area contributed by atoms with E-state index in [4.69, 9.17) is 0 Å². The van der Waals surface area contributed by atoms with Crippen LogP contribution in [0.4, 0.5) is 0 Å². The van der Waals surface area contributed by atoms with Crippen molar-refractivity contribution in [3.63, 3.8) is 0 Å². The van der Waals surface area contributed by atoms with Crippen LogP contribution >= 0.6 is 0 Å². The molecule has 0 heterocycles. The van der Waals surface area contributed by atoms with Gasteiger partial charge >= 0.3 is 57.2 Å². The second-order valence-electron chi connectivity index (χ2n) is 1.94. The first-order valence-corrected chi connectivity index (χ1v) is 3.45. The zero-order valence-electron chi connectivity index (χ0n) is 8.99. The summed E-state index contributed by atoms with van der Waals surface area (Å²) in [5.41, 5.74) is 0. The van der Waals surface area contributed by atoms with Crippen LogP contribution in [-0.2, 0) is 38.7 Å². The summed E-state index contributed by atoms with van der Waals surface area (Å²) in [6, 6.07) is 0. The minimum absolute atomic E-state index is 0. The van der Waals surface area contributed by atoms with Crippen LogP contribution < -0.4 is 20.4 Å². The summed E-state index contributed by atoms with van der Waals surface area (Å²) >= 11 is 0. The Bertz CT molecular complexity index is 283. The average molecular weight is 334 g/mol. The number of hydrogen-bond donors (Lipinski definition) is 0. The standard InChI is InChI=1S/2C4H4O4.Ca.Zn/c2*5-3(6)1-2-4(7)8;;/h2*1-2H,(H,5,6)(H,7,8);;/q;;2*+2/p-4/b2*2-1-;;. The van der Waals surface area contributed by atoms with E-state index in [2.05, 4.69) is 0 Å². The molecule has 0 aromatic carbocycles. The fourth-order valence-corrected chi connectivity index (χ4v) is 0.272. The predicted molar refractivity (Wildman–Crippen MR) is 44.1 cm³/mol. The molecule has 88 valence electrons. The topological polar surface area (TPSA) is 161 Å². The second kappa shape index (κ2) is 16.2. The van der Waals surface area contributed by atoms with Crippen molar-refractivity contribution in [2.24, 2.45) is 0 Å². The molecule has 0 aromatic rings. The molecule has 0 spiro atoms. The Labute approximate surface area is 144 Å². The Morgan fingerprint density at radius 3 is 0.722 bits per heavy atom. The Hall–Kier alpha value is -0.757. The van der Waals surface area contributed by atoms with Gasteiger partial charge in [-0.05, 0) is 24.3 Å². The molecule has 0 aromatic heterocycles. The molecule has 0 atom stereocenters. The van der Waals surface area contributed by atoms with Gasteiger partial charge in [-0.2, -0.15) is 0 Å². The van der Waals surface area contributed by atoms with Crippen molar-refractivity contribution in [1.82, 2.24) is 0 Å². The largest absolute Gasteiger partial charge is 2.00 e. The predicted octanol–water partition coefficient (Wildman–Crippen LogP) is -6.30. The summed E-state index contributed by atoms with van der Waals surface area (Å²) < 4.78 is 0. The molecule has 18 heavy (non-hydrogen) atoms. The van der Waals surface area contributed by atoms with Crippen LogP contribution in [0.1, 0.15) is 0 Å².